The van der Waals surface area contributed by atoms with Crippen molar-refractivity contribution in [2.75, 3.05) is 6.54 Å². The van der Waals surface area contributed by atoms with Crippen molar-refractivity contribution in [3.63, 3.8) is 0 Å². The Kier molecular flexibility index (Phi) is 5.66. The van der Waals surface area contributed by atoms with Gasteiger partial charge >= 0.3 is 0 Å². The van der Waals surface area contributed by atoms with E-state index < -0.39 is 0 Å². The number of hydrogen-bond acceptors (Lipinski definition) is 1. The summed E-state index contributed by atoms with van der Waals surface area (Å²) < 4.78 is 1.17. The minimum absolute atomic E-state index is 0.394. The molecule has 0 fully saturated rings. The smallest absolute Gasteiger partial charge is 0.0302 e. The SMILES string of the molecule is C=CCCCN[C@H](C)c1ccccc1Br. The van der Waals surface area contributed by atoms with E-state index in [-0.39, 0.29) is 0 Å². The molecule has 15 heavy (non-hydrogen) atoms. The van der Waals surface area contributed by atoms with E-state index in [2.05, 4.69) is 52.9 Å². The Morgan fingerprint density at radius 3 is 2.87 bits per heavy atom. The predicted molar refractivity (Wildman–Crippen MR) is 70.0 cm³/mol. The average molecular weight is 268 g/mol. The Labute approximate surface area is 101 Å². The fraction of sp³-hybridized carbons (Fsp3) is 0.385. The lowest BCUT2D eigenvalue weighted by molar-refractivity contribution is 0.559. The molecule has 0 saturated heterocycles. The van der Waals surface area contributed by atoms with Crippen molar-refractivity contribution in [2.45, 2.75) is 25.8 Å². The van der Waals surface area contributed by atoms with E-state index in [0.29, 0.717) is 6.04 Å². The van der Waals surface area contributed by atoms with Crippen LogP contribution in [0.2, 0.25) is 0 Å². The molecule has 0 heterocycles. The molecule has 0 aliphatic heterocycles. The zero-order chi connectivity index (χ0) is 11.1. The molecule has 0 saturated carbocycles. The fourth-order valence-corrected chi connectivity index (χ4v) is 2.13. The van der Waals surface area contributed by atoms with Crippen LogP contribution < -0.4 is 5.32 Å². The Morgan fingerprint density at radius 2 is 2.20 bits per heavy atom. The predicted octanol–water partition coefficient (Wildman–Crippen LogP) is 4.07. The van der Waals surface area contributed by atoms with Gasteiger partial charge in [-0.15, -0.1) is 6.58 Å². The highest BCUT2D eigenvalue weighted by molar-refractivity contribution is 9.10. The number of unbranched alkanes of at least 4 members (excludes halogenated alkanes) is 1. The van der Waals surface area contributed by atoms with Crippen molar-refractivity contribution in [3.05, 3.63) is 47.0 Å². The number of halogens is 1. The molecule has 2 heteroatoms. The van der Waals surface area contributed by atoms with Crippen LogP contribution in [0.4, 0.5) is 0 Å². The van der Waals surface area contributed by atoms with Crippen LogP contribution in [0.3, 0.4) is 0 Å². The van der Waals surface area contributed by atoms with Crippen LogP contribution in [0.5, 0.6) is 0 Å². The van der Waals surface area contributed by atoms with E-state index in [1.807, 2.05) is 12.1 Å². The lowest BCUT2D eigenvalue weighted by Gasteiger charge is -2.15. The van der Waals surface area contributed by atoms with Gasteiger partial charge in [-0.3, -0.25) is 0 Å². The summed E-state index contributed by atoms with van der Waals surface area (Å²) in [4.78, 5) is 0. The van der Waals surface area contributed by atoms with Gasteiger partial charge in [-0.25, -0.2) is 0 Å². The van der Waals surface area contributed by atoms with Gasteiger partial charge in [0.2, 0.25) is 0 Å². The maximum Gasteiger partial charge on any atom is 0.0302 e. The maximum absolute atomic E-state index is 3.71. The second-order valence-electron chi connectivity index (χ2n) is 3.63. The molecular weight excluding hydrogens is 250 g/mol. The summed E-state index contributed by atoms with van der Waals surface area (Å²) in [6.45, 7) is 6.94. The Hall–Kier alpha value is -0.600. The van der Waals surface area contributed by atoms with E-state index in [0.717, 1.165) is 19.4 Å². The first-order chi connectivity index (χ1) is 7.25. The minimum Gasteiger partial charge on any atom is -0.310 e. The van der Waals surface area contributed by atoms with Crippen LogP contribution in [0.25, 0.3) is 0 Å². The quantitative estimate of drug-likeness (QED) is 0.606. The first-order valence-corrected chi connectivity index (χ1v) is 6.13. The van der Waals surface area contributed by atoms with Crippen LogP contribution in [-0.2, 0) is 0 Å². The summed E-state index contributed by atoms with van der Waals surface area (Å²) in [6, 6.07) is 8.73. The first kappa shape index (κ1) is 12.5. The second-order valence-corrected chi connectivity index (χ2v) is 4.48. The van der Waals surface area contributed by atoms with Gasteiger partial charge in [-0.05, 0) is 37.9 Å². The Balaban J connectivity index is 2.43. The van der Waals surface area contributed by atoms with E-state index in [4.69, 9.17) is 0 Å². The van der Waals surface area contributed by atoms with Crippen molar-refractivity contribution < 1.29 is 0 Å². The van der Waals surface area contributed by atoms with Crippen LogP contribution in [0.15, 0.2) is 41.4 Å². The van der Waals surface area contributed by atoms with E-state index in [9.17, 15) is 0 Å². The molecule has 1 atom stereocenters. The van der Waals surface area contributed by atoms with Gasteiger partial charge in [-0.2, -0.15) is 0 Å². The number of rotatable bonds is 6. The van der Waals surface area contributed by atoms with Gasteiger partial charge in [0.1, 0.15) is 0 Å². The minimum atomic E-state index is 0.394. The fourth-order valence-electron chi connectivity index (χ4n) is 1.50. The van der Waals surface area contributed by atoms with Crippen LogP contribution in [0, 0.1) is 0 Å². The molecule has 0 amide bonds. The summed E-state index contributed by atoms with van der Waals surface area (Å²) >= 11 is 3.56. The highest BCUT2D eigenvalue weighted by atomic mass is 79.9. The second kappa shape index (κ2) is 6.81. The molecule has 1 rings (SSSR count). The van der Waals surface area contributed by atoms with Gasteiger partial charge in [0, 0.05) is 10.5 Å². The third-order valence-electron chi connectivity index (χ3n) is 2.41. The van der Waals surface area contributed by atoms with Gasteiger partial charge < -0.3 is 5.32 Å². The third kappa shape index (κ3) is 4.18. The summed E-state index contributed by atoms with van der Waals surface area (Å²) in [5, 5.41) is 3.50. The van der Waals surface area contributed by atoms with Gasteiger partial charge in [0.15, 0.2) is 0 Å². The number of nitrogens with one attached hydrogen (secondary N) is 1. The van der Waals surface area contributed by atoms with Crippen LogP contribution >= 0.6 is 15.9 Å². The molecule has 0 aliphatic carbocycles. The summed E-state index contributed by atoms with van der Waals surface area (Å²) in [5.74, 6) is 0. The largest absolute Gasteiger partial charge is 0.310 e. The summed E-state index contributed by atoms with van der Waals surface area (Å²) in [5.41, 5.74) is 1.32. The van der Waals surface area contributed by atoms with Gasteiger partial charge in [0.05, 0.1) is 0 Å². The topological polar surface area (TPSA) is 12.0 Å². The van der Waals surface area contributed by atoms with Crippen molar-refractivity contribution in [1.82, 2.24) is 5.32 Å². The Morgan fingerprint density at radius 1 is 1.47 bits per heavy atom. The molecule has 1 aromatic rings. The molecule has 1 nitrogen and oxygen atoms in total. The molecule has 82 valence electrons. The Bertz CT molecular complexity index is 309. The molecule has 0 unspecified atom stereocenters. The highest BCUT2D eigenvalue weighted by Crippen LogP contribution is 2.22. The highest BCUT2D eigenvalue weighted by Gasteiger charge is 2.06. The zero-order valence-electron chi connectivity index (χ0n) is 9.17. The van der Waals surface area contributed by atoms with E-state index in [1.54, 1.807) is 0 Å². The molecule has 1 aromatic carbocycles. The molecule has 0 aliphatic rings. The van der Waals surface area contributed by atoms with Crippen LogP contribution in [-0.4, -0.2) is 6.54 Å². The van der Waals surface area contributed by atoms with E-state index >= 15 is 0 Å². The van der Waals surface area contributed by atoms with Crippen molar-refractivity contribution in [2.24, 2.45) is 0 Å². The summed E-state index contributed by atoms with van der Waals surface area (Å²) in [7, 11) is 0. The molecule has 0 bridgehead atoms. The molecule has 0 spiro atoms. The zero-order valence-corrected chi connectivity index (χ0v) is 10.8. The molecule has 1 N–H and O–H groups in total. The molecule has 0 aromatic heterocycles. The van der Waals surface area contributed by atoms with Gasteiger partial charge in [0.25, 0.3) is 0 Å². The van der Waals surface area contributed by atoms with Gasteiger partial charge in [-0.1, -0.05) is 40.2 Å². The normalized spacial score (nSPS) is 12.4. The third-order valence-corrected chi connectivity index (χ3v) is 3.13. The number of benzene rings is 1. The van der Waals surface area contributed by atoms with Crippen molar-refractivity contribution in [1.29, 1.82) is 0 Å². The number of allylic oxidation sites excluding steroid dienone is 1. The average Bonchev–Trinajstić information content (AvgIpc) is 2.25. The monoisotopic (exact) mass is 267 g/mol. The van der Waals surface area contributed by atoms with Crippen molar-refractivity contribution in [3.8, 4) is 0 Å². The molecular formula is C13H18BrN. The maximum atomic E-state index is 3.71. The van der Waals surface area contributed by atoms with Crippen molar-refractivity contribution >= 4 is 15.9 Å². The molecule has 0 radical (unpaired) electrons. The first-order valence-electron chi connectivity index (χ1n) is 5.34. The standard InChI is InChI=1S/C13H18BrN/c1-3-4-7-10-15-11(2)12-8-5-6-9-13(12)14/h3,5-6,8-9,11,15H,1,4,7,10H2,2H3/t11-/m1/s1. The number of hydrogen-bond donors (Lipinski definition) is 1. The summed E-state index contributed by atoms with van der Waals surface area (Å²) in [6.07, 6.45) is 4.19. The lowest BCUT2D eigenvalue weighted by Crippen LogP contribution is -2.19. The lowest BCUT2D eigenvalue weighted by atomic mass is 10.1. The van der Waals surface area contributed by atoms with Crippen LogP contribution in [0.1, 0.15) is 31.4 Å². The van der Waals surface area contributed by atoms with E-state index in [1.165, 1.54) is 10.0 Å².